The Balaban J connectivity index is 1.48. The SMILES string of the molecule is C[C@H]([NH2+]Cc1ccc(OCc2ccccc2)cc1)[C@@H](O)c1ccccc1. The standard InChI is InChI=1S/C23H25NO2/c1-18(23(25)21-10-6-3-7-11-21)24-16-19-12-14-22(15-13-19)26-17-20-8-4-2-5-9-20/h2-15,18,23-25H,16-17H2,1H3/p+1/t18-,23+/m0/s1. The summed E-state index contributed by atoms with van der Waals surface area (Å²) >= 11 is 0. The van der Waals surface area contributed by atoms with Crippen molar-refractivity contribution < 1.29 is 15.2 Å². The minimum Gasteiger partial charge on any atom is -0.489 e. The van der Waals surface area contributed by atoms with Crippen molar-refractivity contribution >= 4 is 0 Å². The molecule has 0 amide bonds. The van der Waals surface area contributed by atoms with Gasteiger partial charge in [0.05, 0.1) is 0 Å². The van der Waals surface area contributed by atoms with Crippen molar-refractivity contribution in [1.82, 2.24) is 0 Å². The van der Waals surface area contributed by atoms with Crippen LogP contribution in [0.4, 0.5) is 0 Å². The van der Waals surface area contributed by atoms with Crippen LogP contribution in [0.25, 0.3) is 0 Å². The molecule has 3 N–H and O–H groups in total. The van der Waals surface area contributed by atoms with Gasteiger partial charge in [-0.15, -0.1) is 0 Å². The van der Waals surface area contributed by atoms with E-state index in [1.54, 1.807) is 0 Å². The molecule has 3 nitrogen and oxygen atoms in total. The van der Waals surface area contributed by atoms with Gasteiger partial charge in [-0.05, 0) is 42.3 Å². The van der Waals surface area contributed by atoms with Gasteiger partial charge in [0.25, 0.3) is 0 Å². The molecule has 0 bridgehead atoms. The molecule has 3 aromatic carbocycles. The zero-order chi connectivity index (χ0) is 18.2. The Hall–Kier alpha value is -2.62. The Morgan fingerprint density at radius 1 is 0.808 bits per heavy atom. The van der Waals surface area contributed by atoms with Gasteiger partial charge in [-0.3, -0.25) is 0 Å². The third-order valence-corrected chi connectivity index (χ3v) is 4.54. The molecule has 0 heterocycles. The van der Waals surface area contributed by atoms with Crippen LogP contribution in [0.5, 0.6) is 5.75 Å². The van der Waals surface area contributed by atoms with E-state index in [2.05, 4.69) is 36.5 Å². The van der Waals surface area contributed by atoms with Gasteiger partial charge in [-0.1, -0.05) is 60.7 Å². The van der Waals surface area contributed by atoms with Crippen LogP contribution in [0.2, 0.25) is 0 Å². The number of ether oxygens (including phenoxy) is 1. The molecule has 0 saturated carbocycles. The molecule has 0 unspecified atom stereocenters. The normalized spacial score (nSPS) is 13.2. The summed E-state index contributed by atoms with van der Waals surface area (Å²) in [4.78, 5) is 0. The lowest BCUT2D eigenvalue weighted by molar-refractivity contribution is -0.709. The molecule has 3 aromatic rings. The van der Waals surface area contributed by atoms with E-state index in [9.17, 15) is 5.11 Å². The quantitative estimate of drug-likeness (QED) is 0.655. The fourth-order valence-electron chi connectivity index (χ4n) is 2.87. The predicted octanol–water partition coefficient (Wildman–Crippen LogP) is 3.45. The highest BCUT2D eigenvalue weighted by atomic mass is 16.5. The minimum absolute atomic E-state index is 0.0893. The van der Waals surface area contributed by atoms with Gasteiger partial charge in [0.15, 0.2) is 0 Å². The highest BCUT2D eigenvalue weighted by Gasteiger charge is 2.18. The molecule has 0 aromatic heterocycles. The first kappa shape index (κ1) is 18.2. The van der Waals surface area contributed by atoms with Crippen molar-refractivity contribution in [1.29, 1.82) is 0 Å². The van der Waals surface area contributed by atoms with Crippen LogP contribution >= 0.6 is 0 Å². The van der Waals surface area contributed by atoms with Crippen LogP contribution in [-0.2, 0) is 13.2 Å². The molecule has 0 aliphatic heterocycles. The lowest BCUT2D eigenvalue weighted by Gasteiger charge is -2.18. The van der Waals surface area contributed by atoms with Crippen molar-refractivity contribution in [2.24, 2.45) is 0 Å². The van der Waals surface area contributed by atoms with Crippen LogP contribution in [0.1, 0.15) is 29.7 Å². The van der Waals surface area contributed by atoms with Gasteiger partial charge in [0.1, 0.15) is 31.0 Å². The van der Waals surface area contributed by atoms with E-state index >= 15 is 0 Å². The number of rotatable bonds is 8. The Morgan fingerprint density at radius 3 is 2.08 bits per heavy atom. The summed E-state index contributed by atoms with van der Waals surface area (Å²) in [5.74, 6) is 0.870. The topological polar surface area (TPSA) is 46.1 Å². The molecule has 3 heteroatoms. The molecule has 0 saturated heterocycles. The maximum atomic E-state index is 10.4. The Kier molecular flexibility index (Phi) is 6.42. The molecule has 0 aliphatic rings. The number of benzene rings is 3. The largest absolute Gasteiger partial charge is 0.489 e. The van der Waals surface area contributed by atoms with Crippen LogP contribution in [0.3, 0.4) is 0 Å². The third kappa shape index (κ3) is 5.19. The molecular formula is C23H26NO2+. The molecule has 0 radical (unpaired) electrons. The number of hydrogen-bond donors (Lipinski definition) is 2. The summed E-state index contributed by atoms with van der Waals surface area (Å²) < 4.78 is 5.82. The molecule has 26 heavy (non-hydrogen) atoms. The first-order chi connectivity index (χ1) is 12.7. The van der Waals surface area contributed by atoms with Gasteiger partial charge in [0.2, 0.25) is 0 Å². The lowest BCUT2D eigenvalue weighted by Crippen LogP contribution is -2.88. The van der Waals surface area contributed by atoms with E-state index in [-0.39, 0.29) is 6.04 Å². The second-order valence-corrected chi connectivity index (χ2v) is 6.57. The summed E-state index contributed by atoms with van der Waals surface area (Å²) in [6.45, 7) is 3.45. The molecule has 2 atom stereocenters. The van der Waals surface area contributed by atoms with E-state index in [1.165, 1.54) is 5.56 Å². The molecule has 0 fully saturated rings. The second-order valence-electron chi connectivity index (χ2n) is 6.57. The first-order valence-corrected chi connectivity index (χ1v) is 9.04. The average molecular weight is 348 g/mol. The molecular weight excluding hydrogens is 322 g/mol. The highest BCUT2D eigenvalue weighted by molar-refractivity contribution is 5.27. The van der Waals surface area contributed by atoms with E-state index in [0.29, 0.717) is 6.61 Å². The molecule has 3 rings (SSSR count). The lowest BCUT2D eigenvalue weighted by atomic mass is 10.0. The van der Waals surface area contributed by atoms with Crippen molar-refractivity contribution in [3.63, 3.8) is 0 Å². The number of nitrogens with two attached hydrogens (primary N) is 1. The summed E-state index contributed by atoms with van der Waals surface area (Å²) in [5.41, 5.74) is 3.33. The summed E-state index contributed by atoms with van der Waals surface area (Å²) in [7, 11) is 0. The van der Waals surface area contributed by atoms with Gasteiger partial charge >= 0.3 is 0 Å². The number of quaternary nitrogens is 1. The number of aliphatic hydroxyl groups is 1. The summed E-state index contributed by atoms with van der Waals surface area (Å²) in [6, 6.07) is 28.2. The Labute approximate surface area is 155 Å². The first-order valence-electron chi connectivity index (χ1n) is 9.04. The van der Waals surface area contributed by atoms with Crippen molar-refractivity contribution in [2.75, 3.05) is 0 Å². The van der Waals surface area contributed by atoms with Gasteiger partial charge in [-0.25, -0.2) is 0 Å². The minimum atomic E-state index is -0.468. The van der Waals surface area contributed by atoms with Crippen LogP contribution in [0, 0.1) is 0 Å². The van der Waals surface area contributed by atoms with Crippen LogP contribution in [-0.4, -0.2) is 11.1 Å². The van der Waals surface area contributed by atoms with E-state index in [4.69, 9.17) is 4.74 Å². The van der Waals surface area contributed by atoms with Crippen molar-refractivity contribution in [2.45, 2.75) is 32.2 Å². The van der Waals surface area contributed by atoms with E-state index in [0.717, 1.165) is 23.4 Å². The monoisotopic (exact) mass is 348 g/mol. The maximum Gasteiger partial charge on any atom is 0.130 e. The zero-order valence-electron chi connectivity index (χ0n) is 15.1. The smallest absolute Gasteiger partial charge is 0.130 e. The van der Waals surface area contributed by atoms with Gasteiger partial charge in [-0.2, -0.15) is 0 Å². The average Bonchev–Trinajstić information content (AvgIpc) is 2.72. The second kappa shape index (κ2) is 9.18. The van der Waals surface area contributed by atoms with Crippen LogP contribution < -0.4 is 10.1 Å². The van der Waals surface area contributed by atoms with E-state index in [1.807, 2.05) is 60.7 Å². The van der Waals surface area contributed by atoms with Crippen molar-refractivity contribution in [3.05, 3.63) is 102 Å². The maximum absolute atomic E-state index is 10.4. The highest BCUT2D eigenvalue weighted by Crippen LogP contribution is 2.15. The summed E-state index contributed by atoms with van der Waals surface area (Å²) in [5, 5.41) is 12.6. The fourth-order valence-corrected chi connectivity index (χ4v) is 2.87. The van der Waals surface area contributed by atoms with Gasteiger partial charge in [0, 0.05) is 5.56 Å². The van der Waals surface area contributed by atoms with Crippen LogP contribution in [0.15, 0.2) is 84.9 Å². The number of hydrogen-bond acceptors (Lipinski definition) is 2. The third-order valence-electron chi connectivity index (χ3n) is 4.54. The zero-order valence-corrected chi connectivity index (χ0v) is 15.1. The molecule has 0 aliphatic carbocycles. The fraction of sp³-hybridized carbons (Fsp3) is 0.217. The van der Waals surface area contributed by atoms with Crippen molar-refractivity contribution in [3.8, 4) is 5.75 Å². The van der Waals surface area contributed by atoms with Gasteiger partial charge < -0.3 is 15.2 Å². The summed E-state index contributed by atoms with van der Waals surface area (Å²) in [6.07, 6.45) is -0.468. The Morgan fingerprint density at radius 2 is 1.42 bits per heavy atom. The Bertz CT molecular complexity index is 772. The number of aliphatic hydroxyl groups excluding tert-OH is 1. The molecule has 0 spiro atoms. The predicted molar refractivity (Wildman–Crippen MR) is 104 cm³/mol. The molecule has 134 valence electrons. The van der Waals surface area contributed by atoms with E-state index < -0.39 is 6.10 Å².